The van der Waals surface area contributed by atoms with Crippen LogP contribution in [0.2, 0.25) is 5.02 Å². The molecular formula is C21H19ClN2O4. The fourth-order valence-corrected chi connectivity index (χ4v) is 3.54. The van der Waals surface area contributed by atoms with E-state index in [0.29, 0.717) is 15.0 Å². The summed E-state index contributed by atoms with van der Waals surface area (Å²) < 4.78 is 0. The van der Waals surface area contributed by atoms with Crippen LogP contribution in [0.3, 0.4) is 0 Å². The molecule has 0 atom stereocenters. The Kier molecular flexibility index (Phi) is 5.34. The molecule has 0 aromatic heterocycles. The highest BCUT2D eigenvalue weighted by Gasteiger charge is 2.60. The molecule has 1 heterocycles. The smallest absolute Gasteiger partial charge is 0.271 e. The number of rotatable bonds is 4. The van der Waals surface area contributed by atoms with Gasteiger partial charge >= 0.3 is 0 Å². The van der Waals surface area contributed by atoms with E-state index in [1.807, 2.05) is 0 Å². The number of hydrogen-bond acceptors (Lipinski definition) is 4. The van der Waals surface area contributed by atoms with Crippen LogP contribution in [0.25, 0.3) is 0 Å². The molecule has 6 nitrogen and oxygen atoms in total. The monoisotopic (exact) mass is 398 g/mol. The van der Waals surface area contributed by atoms with E-state index in [2.05, 4.69) is 0 Å². The lowest BCUT2D eigenvalue weighted by molar-refractivity contribution is -0.138. The van der Waals surface area contributed by atoms with Gasteiger partial charge in [0.1, 0.15) is 5.41 Å². The number of carbonyl (C=O) groups is 4. The molecule has 0 bridgehead atoms. The number of amides is 4. The van der Waals surface area contributed by atoms with Crippen molar-refractivity contribution in [1.82, 2.24) is 10.0 Å². The van der Waals surface area contributed by atoms with Crippen LogP contribution in [0.4, 0.5) is 0 Å². The van der Waals surface area contributed by atoms with Gasteiger partial charge in [0.05, 0.1) is 0 Å². The minimum Gasteiger partial charge on any atom is -0.271 e. The van der Waals surface area contributed by atoms with Gasteiger partial charge in [-0.1, -0.05) is 49.7 Å². The van der Waals surface area contributed by atoms with E-state index in [9.17, 15) is 19.2 Å². The zero-order valence-corrected chi connectivity index (χ0v) is 16.3. The van der Waals surface area contributed by atoms with Crippen LogP contribution in [0.1, 0.15) is 47.4 Å². The number of nitrogens with zero attached hydrogens (tertiary/aromatic N) is 2. The van der Waals surface area contributed by atoms with Crippen LogP contribution in [-0.4, -0.2) is 33.6 Å². The second-order valence-electron chi connectivity index (χ2n) is 6.51. The predicted molar refractivity (Wildman–Crippen MR) is 103 cm³/mol. The number of hydrazine groups is 1. The first-order chi connectivity index (χ1) is 13.4. The highest BCUT2D eigenvalue weighted by Crippen LogP contribution is 2.39. The van der Waals surface area contributed by atoms with Crippen LogP contribution in [0.5, 0.6) is 0 Å². The summed E-state index contributed by atoms with van der Waals surface area (Å²) >= 11 is 5.96. The quantitative estimate of drug-likeness (QED) is 0.581. The third-order valence-electron chi connectivity index (χ3n) is 5.09. The summed E-state index contributed by atoms with van der Waals surface area (Å²) in [4.78, 5) is 52.6. The molecule has 0 saturated carbocycles. The van der Waals surface area contributed by atoms with Crippen molar-refractivity contribution in [1.29, 1.82) is 0 Å². The van der Waals surface area contributed by atoms with E-state index in [-0.39, 0.29) is 24.0 Å². The van der Waals surface area contributed by atoms with E-state index >= 15 is 0 Å². The van der Waals surface area contributed by atoms with Crippen LogP contribution < -0.4 is 0 Å². The maximum absolute atomic E-state index is 13.2. The van der Waals surface area contributed by atoms with Gasteiger partial charge in [0.2, 0.25) is 0 Å². The highest BCUT2D eigenvalue weighted by atomic mass is 35.5. The van der Waals surface area contributed by atoms with Crippen molar-refractivity contribution in [3.05, 3.63) is 70.7 Å². The van der Waals surface area contributed by atoms with Gasteiger partial charge in [-0.25, -0.2) is 0 Å². The molecule has 0 N–H and O–H groups in total. The first-order valence-corrected chi connectivity index (χ1v) is 9.33. The molecule has 1 aliphatic heterocycles. The molecule has 7 heteroatoms. The van der Waals surface area contributed by atoms with Gasteiger partial charge in [-0.15, -0.1) is 0 Å². The van der Waals surface area contributed by atoms with E-state index in [0.717, 1.165) is 0 Å². The van der Waals surface area contributed by atoms with Gasteiger partial charge < -0.3 is 0 Å². The first kappa shape index (κ1) is 19.8. The predicted octanol–water partition coefficient (Wildman–Crippen LogP) is 3.71. The average Bonchev–Trinajstić information content (AvgIpc) is 2.94. The van der Waals surface area contributed by atoms with Crippen LogP contribution in [0.15, 0.2) is 54.6 Å². The second kappa shape index (κ2) is 7.56. The Labute approximate surface area is 167 Å². The molecular weight excluding hydrogens is 380 g/mol. The Morgan fingerprint density at radius 1 is 0.821 bits per heavy atom. The van der Waals surface area contributed by atoms with Crippen molar-refractivity contribution in [2.24, 2.45) is 5.41 Å². The zero-order chi connectivity index (χ0) is 20.5. The van der Waals surface area contributed by atoms with Gasteiger partial charge in [0.15, 0.2) is 0 Å². The minimum absolute atomic E-state index is 0.113. The summed E-state index contributed by atoms with van der Waals surface area (Å²) in [5, 5.41) is 1.64. The molecule has 1 saturated heterocycles. The van der Waals surface area contributed by atoms with Crippen molar-refractivity contribution in [3.8, 4) is 0 Å². The molecule has 1 fully saturated rings. The van der Waals surface area contributed by atoms with E-state index in [1.54, 1.807) is 44.2 Å². The van der Waals surface area contributed by atoms with E-state index in [1.165, 1.54) is 24.3 Å². The summed E-state index contributed by atoms with van der Waals surface area (Å²) in [6.45, 7) is 3.38. The standard InChI is InChI=1S/C21H19ClN2O4/c1-3-21(4-2)19(27)23(17(25)14-9-6-5-7-10-14)24(20(21)28)18(26)15-11-8-12-16(22)13-15/h5-13H,3-4H2,1-2H3. The summed E-state index contributed by atoms with van der Waals surface area (Å²) in [5.74, 6) is -2.88. The molecule has 0 spiro atoms. The van der Waals surface area contributed by atoms with Crippen molar-refractivity contribution < 1.29 is 19.2 Å². The van der Waals surface area contributed by atoms with Crippen LogP contribution in [0, 0.1) is 5.41 Å². The van der Waals surface area contributed by atoms with Gasteiger partial charge in [-0.2, -0.15) is 10.0 Å². The molecule has 0 unspecified atom stereocenters. The summed E-state index contributed by atoms with van der Waals surface area (Å²) in [7, 11) is 0. The van der Waals surface area contributed by atoms with Crippen molar-refractivity contribution >= 4 is 35.2 Å². The lowest BCUT2D eigenvalue weighted by Gasteiger charge is -2.24. The maximum atomic E-state index is 13.2. The fourth-order valence-electron chi connectivity index (χ4n) is 3.35. The lowest BCUT2D eigenvalue weighted by Crippen LogP contribution is -2.48. The summed E-state index contributed by atoms with van der Waals surface area (Å²) in [6, 6.07) is 14.1. The summed E-state index contributed by atoms with van der Waals surface area (Å²) in [6.07, 6.45) is 0.359. The molecule has 0 aliphatic carbocycles. The first-order valence-electron chi connectivity index (χ1n) is 8.95. The Bertz CT molecular complexity index is 954. The molecule has 2 aromatic carbocycles. The minimum atomic E-state index is -1.45. The number of imide groups is 2. The van der Waals surface area contributed by atoms with Crippen molar-refractivity contribution in [2.45, 2.75) is 26.7 Å². The topological polar surface area (TPSA) is 74.8 Å². The molecule has 1 aliphatic rings. The Hall–Kier alpha value is -2.99. The van der Waals surface area contributed by atoms with Crippen molar-refractivity contribution in [2.75, 3.05) is 0 Å². The van der Waals surface area contributed by atoms with Gasteiger partial charge in [0, 0.05) is 16.1 Å². The van der Waals surface area contributed by atoms with Gasteiger partial charge in [0.25, 0.3) is 23.6 Å². The molecule has 0 radical (unpaired) electrons. The third-order valence-corrected chi connectivity index (χ3v) is 5.32. The average molecular weight is 399 g/mol. The molecule has 4 amide bonds. The Morgan fingerprint density at radius 2 is 1.32 bits per heavy atom. The lowest BCUT2D eigenvalue weighted by atomic mass is 9.81. The van der Waals surface area contributed by atoms with E-state index in [4.69, 9.17) is 11.6 Å². The van der Waals surface area contributed by atoms with Crippen LogP contribution >= 0.6 is 11.6 Å². The SMILES string of the molecule is CCC1(CC)C(=O)N(C(=O)c2ccccc2)N(C(=O)c2cccc(Cl)c2)C1=O. The van der Waals surface area contributed by atoms with Gasteiger partial charge in [-0.05, 0) is 43.2 Å². The molecule has 28 heavy (non-hydrogen) atoms. The number of hydrogen-bond donors (Lipinski definition) is 0. The van der Waals surface area contributed by atoms with E-state index < -0.39 is 29.0 Å². The summed E-state index contributed by atoms with van der Waals surface area (Å²) in [5.41, 5.74) is -1.13. The third kappa shape index (κ3) is 2.99. The normalized spacial score (nSPS) is 15.8. The van der Waals surface area contributed by atoms with Gasteiger partial charge in [-0.3, -0.25) is 19.2 Å². The Morgan fingerprint density at radius 3 is 1.82 bits per heavy atom. The molecule has 144 valence electrons. The number of carbonyl (C=O) groups excluding carboxylic acids is 4. The Balaban J connectivity index is 2.13. The highest BCUT2D eigenvalue weighted by molar-refractivity contribution is 6.31. The second-order valence-corrected chi connectivity index (χ2v) is 6.95. The number of halogens is 1. The van der Waals surface area contributed by atoms with Crippen LogP contribution in [-0.2, 0) is 9.59 Å². The molecule has 3 rings (SSSR count). The maximum Gasteiger partial charge on any atom is 0.280 e. The zero-order valence-electron chi connectivity index (χ0n) is 15.5. The van der Waals surface area contributed by atoms with Crippen molar-refractivity contribution in [3.63, 3.8) is 0 Å². The fraction of sp³-hybridized carbons (Fsp3) is 0.238. The number of benzene rings is 2. The largest absolute Gasteiger partial charge is 0.280 e. The molecule has 2 aromatic rings.